The van der Waals surface area contributed by atoms with Gasteiger partial charge in [0.1, 0.15) is 5.75 Å². The van der Waals surface area contributed by atoms with Crippen molar-refractivity contribution in [1.82, 2.24) is 0 Å². The van der Waals surface area contributed by atoms with Crippen LogP contribution >= 0.6 is 0 Å². The predicted molar refractivity (Wildman–Crippen MR) is 132 cm³/mol. The highest BCUT2D eigenvalue weighted by molar-refractivity contribution is 5.91. The van der Waals surface area contributed by atoms with Crippen molar-refractivity contribution in [2.24, 2.45) is 5.92 Å². The fourth-order valence-electron chi connectivity index (χ4n) is 5.16. The number of hydrogen-bond donors (Lipinski definition) is 0. The Morgan fingerprint density at radius 1 is 0.806 bits per heavy atom. The average Bonchev–Trinajstić information content (AvgIpc) is 2.88. The van der Waals surface area contributed by atoms with E-state index >= 15 is 8.78 Å². The summed E-state index contributed by atoms with van der Waals surface area (Å²) < 4.78 is 63.5. The Kier molecular flexibility index (Phi) is 8.12. The lowest BCUT2D eigenvalue weighted by atomic mass is 9.77. The summed E-state index contributed by atoms with van der Waals surface area (Å²) in [5, 5.41) is 0. The van der Waals surface area contributed by atoms with Gasteiger partial charge in [-0.2, -0.15) is 0 Å². The molecule has 0 N–H and O–H groups in total. The summed E-state index contributed by atoms with van der Waals surface area (Å²) in [4.78, 5) is 12.3. The van der Waals surface area contributed by atoms with E-state index in [-0.39, 0.29) is 29.2 Å². The van der Waals surface area contributed by atoms with Crippen LogP contribution in [0.1, 0.15) is 79.8 Å². The number of hydrogen-bond acceptors (Lipinski definition) is 2. The van der Waals surface area contributed by atoms with Crippen LogP contribution in [0.25, 0.3) is 11.1 Å². The van der Waals surface area contributed by atoms with Gasteiger partial charge in [0.05, 0.1) is 5.56 Å². The molecule has 1 aliphatic rings. The molecule has 36 heavy (non-hydrogen) atoms. The van der Waals surface area contributed by atoms with Gasteiger partial charge < -0.3 is 4.74 Å². The van der Waals surface area contributed by atoms with Gasteiger partial charge in [-0.1, -0.05) is 57.0 Å². The molecule has 2 nitrogen and oxygen atoms in total. The fourth-order valence-corrected chi connectivity index (χ4v) is 5.16. The molecule has 4 rings (SSSR count). The third-order valence-electron chi connectivity index (χ3n) is 7.23. The minimum Gasteiger partial charge on any atom is -0.423 e. The highest BCUT2D eigenvalue weighted by Crippen LogP contribution is 2.40. The van der Waals surface area contributed by atoms with Crippen molar-refractivity contribution in [2.45, 2.75) is 64.7 Å². The predicted octanol–water partition coefficient (Wildman–Crippen LogP) is 8.77. The molecule has 1 saturated carbocycles. The number of carbonyl (C=O) groups is 1. The van der Waals surface area contributed by atoms with Gasteiger partial charge in [0.2, 0.25) is 0 Å². The van der Waals surface area contributed by atoms with Crippen molar-refractivity contribution in [3.63, 3.8) is 0 Å². The monoisotopic (exact) mass is 498 g/mol. The van der Waals surface area contributed by atoms with Crippen LogP contribution in [-0.4, -0.2) is 5.97 Å². The lowest BCUT2D eigenvalue weighted by Crippen LogP contribution is -2.15. The van der Waals surface area contributed by atoms with Gasteiger partial charge in [0, 0.05) is 5.56 Å². The second-order valence-electron chi connectivity index (χ2n) is 9.50. The van der Waals surface area contributed by atoms with Crippen LogP contribution in [0.5, 0.6) is 5.75 Å². The molecule has 1 fully saturated rings. The van der Waals surface area contributed by atoms with Crippen LogP contribution in [-0.2, 0) is 6.42 Å². The topological polar surface area (TPSA) is 26.3 Å². The van der Waals surface area contributed by atoms with E-state index in [1.165, 1.54) is 42.8 Å². The first-order valence-electron chi connectivity index (χ1n) is 12.6. The molecule has 3 aromatic rings. The maximum absolute atomic E-state index is 15.0. The molecule has 6 heteroatoms. The maximum atomic E-state index is 15.0. The zero-order chi connectivity index (χ0) is 25.8. The summed E-state index contributed by atoms with van der Waals surface area (Å²) in [5.41, 5.74) is 0.602. The molecule has 0 bridgehead atoms. The lowest BCUT2D eigenvalue weighted by molar-refractivity contribution is 0.0728. The van der Waals surface area contributed by atoms with Crippen LogP contribution in [0.2, 0.25) is 0 Å². The van der Waals surface area contributed by atoms with Gasteiger partial charge in [-0.3, -0.25) is 0 Å². The van der Waals surface area contributed by atoms with Crippen LogP contribution in [0.15, 0.2) is 48.5 Å². The summed E-state index contributed by atoms with van der Waals surface area (Å²) in [5.74, 6) is -4.31. The van der Waals surface area contributed by atoms with Crippen LogP contribution in [0.3, 0.4) is 0 Å². The molecule has 0 atom stereocenters. The Hall–Kier alpha value is -3.15. The fraction of sp³-hybridized carbons (Fsp3) is 0.367. The van der Waals surface area contributed by atoms with E-state index in [1.54, 1.807) is 19.1 Å². The third kappa shape index (κ3) is 5.32. The van der Waals surface area contributed by atoms with Gasteiger partial charge in [0.15, 0.2) is 23.3 Å². The lowest BCUT2D eigenvalue weighted by Gasteiger charge is -2.29. The van der Waals surface area contributed by atoms with E-state index in [9.17, 15) is 13.6 Å². The van der Waals surface area contributed by atoms with Crippen LogP contribution in [0, 0.1) is 29.2 Å². The summed E-state index contributed by atoms with van der Waals surface area (Å²) >= 11 is 0. The van der Waals surface area contributed by atoms with Gasteiger partial charge in [-0.15, -0.1) is 0 Å². The standard InChI is InChI=1S/C30H30F4O2/c1-3-5-18-6-8-20(9-7-18)23-16-17-24(28(33)27(23)32)21-10-13-22(14-11-21)36-30(35)25-15-12-19(4-2)26(31)29(25)34/h10-18,20H,3-9H2,1-2H3. The van der Waals surface area contributed by atoms with Crippen molar-refractivity contribution < 1.29 is 27.1 Å². The summed E-state index contributed by atoms with van der Waals surface area (Å²) in [6.07, 6.45) is 6.44. The first kappa shape index (κ1) is 25.9. The van der Waals surface area contributed by atoms with Crippen molar-refractivity contribution in [3.8, 4) is 16.9 Å². The Morgan fingerprint density at radius 3 is 2.14 bits per heavy atom. The smallest absolute Gasteiger partial charge is 0.346 e. The Bertz CT molecular complexity index is 1230. The number of esters is 1. The summed E-state index contributed by atoms with van der Waals surface area (Å²) in [6, 6.07) is 11.6. The Labute approximate surface area is 209 Å². The molecular weight excluding hydrogens is 468 g/mol. The zero-order valence-corrected chi connectivity index (χ0v) is 20.6. The number of carbonyl (C=O) groups excluding carboxylic acids is 1. The number of aryl methyl sites for hydroxylation is 1. The van der Waals surface area contributed by atoms with E-state index in [1.807, 2.05) is 0 Å². The molecule has 0 aromatic heterocycles. The zero-order valence-electron chi connectivity index (χ0n) is 20.6. The molecule has 190 valence electrons. The summed E-state index contributed by atoms with van der Waals surface area (Å²) in [7, 11) is 0. The molecule has 0 heterocycles. The van der Waals surface area contributed by atoms with Crippen molar-refractivity contribution in [1.29, 1.82) is 0 Å². The minimum atomic E-state index is -1.26. The highest BCUT2D eigenvalue weighted by Gasteiger charge is 2.26. The molecule has 0 unspecified atom stereocenters. The Balaban J connectivity index is 1.47. The number of benzene rings is 3. The van der Waals surface area contributed by atoms with Crippen molar-refractivity contribution >= 4 is 5.97 Å². The van der Waals surface area contributed by atoms with E-state index in [0.29, 0.717) is 17.0 Å². The molecular formula is C30H30F4O2. The normalized spacial score (nSPS) is 17.7. The van der Waals surface area contributed by atoms with Gasteiger partial charge in [0.25, 0.3) is 0 Å². The van der Waals surface area contributed by atoms with E-state index in [4.69, 9.17) is 4.74 Å². The van der Waals surface area contributed by atoms with E-state index < -0.39 is 34.8 Å². The van der Waals surface area contributed by atoms with Gasteiger partial charge in [-0.25, -0.2) is 22.4 Å². The third-order valence-corrected chi connectivity index (χ3v) is 7.23. The molecule has 0 amide bonds. The summed E-state index contributed by atoms with van der Waals surface area (Å²) in [6.45, 7) is 3.85. The second-order valence-corrected chi connectivity index (χ2v) is 9.50. The van der Waals surface area contributed by atoms with Crippen LogP contribution < -0.4 is 4.74 Å². The SMILES string of the molecule is CCCC1CCC(c2ccc(-c3ccc(OC(=O)c4ccc(CC)c(F)c4F)cc3)c(F)c2F)CC1. The van der Waals surface area contributed by atoms with Crippen LogP contribution in [0.4, 0.5) is 17.6 Å². The number of rotatable bonds is 7. The maximum Gasteiger partial charge on any atom is 0.346 e. The molecule has 3 aromatic carbocycles. The van der Waals surface area contributed by atoms with Crippen molar-refractivity contribution in [2.75, 3.05) is 0 Å². The second kappa shape index (κ2) is 11.3. The number of ether oxygens (including phenoxy) is 1. The quantitative estimate of drug-likeness (QED) is 0.185. The van der Waals surface area contributed by atoms with Crippen molar-refractivity contribution in [3.05, 3.63) is 88.5 Å². The number of halogens is 4. The van der Waals surface area contributed by atoms with Gasteiger partial charge >= 0.3 is 5.97 Å². The molecule has 0 spiro atoms. The average molecular weight is 499 g/mol. The first-order chi connectivity index (χ1) is 17.3. The molecule has 0 radical (unpaired) electrons. The first-order valence-corrected chi connectivity index (χ1v) is 12.6. The molecule has 1 aliphatic carbocycles. The molecule has 0 saturated heterocycles. The van der Waals surface area contributed by atoms with Gasteiger partial charge in [-0.05, 0) is 78.8 Å². The van der Waals surface area contributed by atoms with E-state index in [0.717, 1.165) is 32.1 Å². The largest absolute Gasteiger partial charge is 0.423 e. The molecule has 0 aliphatic heterocycles. The van der Waals surface area contributed by atoms with E-state index in [2.05, 4.69) is 6.92 Å². The minimum absolute atomic E-state index is 0.0278. The Morgan fingerprint density at radius 2 is 1.50 bits per heavy atom. The highest BCUT2D eigenvalue weighted by atomic mass is 19.2.